The van der Waals surface area contributed by atoms with Crippen LogP contribution in [0.5, 0.6) is 23.0 Å². The molecular formula is C25H30N2O6. The van der Waals surface area contributed by atoms with Crippen LogP contribution in [-0.4, -0.2) is 58.2 Å². The summed E-state index contributed by atoms with van der Waals surface area (Å²) >= 11 is 0. The van der Waals surface area contributed by atoms with Crippen LogP contribution < -0.4 is 24.3 Å². The molecule has 33 heavy (non-hydrogen) atoms. The van der Waals surface area contributed by atoms with Gasteiger partial charge in [-0.1, -0.05) is 6.07 Å². The Labute approximate surface area is 194 Å². The number of carbonyl (C=O) groups excluding carboxylic acids is 2. The van der Waals surface area contributed by atoms with Gasteiger partial charge in [0.1, 0.15) is 0 Å². The van der Waals surface area contributed by atoms with Crippen LogP contribution in [0.3, 0.4) is 0 Å². The van der Waals surface area contributed by atoms with Crippen LogP contribution in [-0.2, 0) is 29.0 Å². The molecule has 0 atom stereocenters. The molecule has 0 bridgehead atoms. The Morgan fingerprint density at radius 1 is 0.879 bits per heavy atom. The fourth-order valence-electron chi connectivity index (χ4n) is 3.75. The van der Waals surface area contributed by atoms with Crippen molar-refractivity contribution in [2.45, 2.75) is 19.4 Å². The van der Waals surface area contributed by atoms with E-state index < -0.39 is 0 Å². The van der Waals surface area contributed by atoms with Crippen molar-refractivity contribution < 1.29 is 28.5 Å². The number of rotatable bonds is 9. The van der Waals surface area contributed by atoms with E-state index >= 15 is 0 Å². The molecule has 176 valence electrons. The van der Waals surface area contributed by atoms with Crippen LogP contribution in [0.2, 0.25) is 0 Å². The second kappa shape index (κ2) is 11.3. The Hall–Kier alpha value is -3.68. The molecule has 1 heterocycles. The lowest BCUT2D eigenvalue weighted by Crippen LogP contribution is -2.35. The standard InChI is InChI=1S/C25H30N2O6/c1-30-20-6-5-17(13-21(20)31-2)9-11-26-24(28)7-8-25(29)27-12-10-18-14-22(32-3)23(33-4)15-19(18)16-27/h5-8,13-15H,9-12,16H2,1-4H3,(H,26,28)/b8-7+. The fraction of sp³-hybridized carbons (Fsp3) is 0.360. The van der Waals surface area contributed by atoms with Gasteiger partial charge < -0.3 is 29.2 Å². The topological polar surface area (TPSA) is 86.3 Å². The van der Waals surface area contributed by atoms with Gasteiger partial charge in [0.2, 0.25) is 11.8 Å². The molecule has 1 N–H and O–H groups in total. The zero-order valence-electron chi connectivity index (χ0n) is 19.5. The Morgan fingerprint density at radius 2 is 1.52 bits per heavy atom. The molecule has 3 rings (SSSR count). The maximum atomic E-state index is 12.6. The van der Waals surface area contributed by atoms with Crippen molar-refractivity contribution in [2.75, 3.05) is 41.5 Å². The maximum absolute atomic E-state index is 12.6. The smallest absolute Gasteiger partial charge is 0.247 e. The molecule has 0 unspecified atom stereocenters. The third-order valence-electron chi connectivity index (χ3n) is 5.57. The van der Waals surface area contributed by atoms with E-state index in [1.807, 2.05) is 30.3 Å². The summed E-state index contributed by atoms with van der Waals surface area (Å²) in [6.07, 6.45) is 3.94. The molecule has 2 amide bonds. The number of nitrogens with zero attached hydrogens (tertiary/aromatic N) is 1. The van der Waals surface area contributed by atoms with Gasteiger partial charge in [-0.25, -0.2) is 0 Å². The van der Waals surface area contributed by atoms with Crippen LogP contribution in [0.1, 0.15) is 16.7 Å². The first-order chi connectivity index (χ1) is 16.0. The van der Waals surface area contributed by atoms with E-state index in [-0.39, 0.29) is 11.8 Å². The largest absolute Gasteiger partial charge is 0.493 e. The molecule has 8 nitrogen and oxygen atoms in total. The lowest BCUT2D eigenvalue weighted by molar-refractivity contribution is -0.127. The van der Waals surface area contributed by atoms with Gasteiger partial charge in [-0.15, -0.1) is 0 Å². The quantitative estimate of drug-likeness (QED) is 0.586. The summed E-state index contributed by atoms with van der Waals surface area (Å²) < 4.78 is 21.2. The van der Waals surface area contributed by atoms with Crippen LogP contribution in [0, 0.1) is 0 Å². The van der Waals surface area contributed by atoms with Gasteiger partial charge in [0.05, 0.1) is 28.4 Å². The van der Waals surface area contributed by atoms with Crippen molar-refractivity contribution in [2.24, 2.45) is 0 Å². The van der Waals surface area contributed by atoms with Gasteiger partial charge in [0, 0.05) is 31.8 Å². The van der Waals surface area contributed by atoms with Gasteiger partial charge >= 0.3 is 0 Å². The number of amides is 2. The highest BCUT2D eigenvalue weighted by atomic mass is 16.5. The average Bonchev–Trinajstić information content (AvgIpc) is 2.85. The Bertz CT molecular complexity index is 1030. The summed E-state index contributed by atoms with van der Waals surface area (Å²) in [6, 6.07) is 9.49. The monoisotopic (exact) mass is 454 g/mol. The molecule has 0 aliphatic carbocycles. The van der Waals surface area contributed by atoms with Crippen molar-refractivity contribution in [1.29, 1.82) is 0 Å². The molecular weight excluding hydrogens is 424 g/mol. The highest BCUT2D eigenvalue weighted by Crippen LogP contribution is 2.33. The van der Waals surface area contributed by atoms with Gasteiger partial charge in [-0.3, -0.25) is 9.59 Å². The minimum atomic E-state index is -0.312. The first-order valence-corrected chi connectivity index (χ1v) is 10.7. The average molecular weight is 455 g/mol. The summed E-state index contributed by atoms with van der Waals surface area (Å²) in [6.45, 7) is 1.47. The molecule has 8 heteroatoms. The molecule has 0 aromatic heterocycles. The van der Waals surface area contributed by atoms with Gasteiger partial charge in [-0.05, 0) is 53.8 Å². The number of fused-ring (bicyclic) bond motifs is 1. The lowest BCUT2D eigenvalue weighted by atomic mass is 9.98. The maximum Gasteiger partial charge on any atom is 0.247 e. The van der Waals surface area contributed by atoms with E-state index in [2.05, 4.69) is 5.32 Å². The molecule has 0 saturated heterocycles. The Kier molecular flexibility index (Phi) is 8.18. The minimum Gasteiger partial charge on any atom is -0.493 e. The van der Waals surface area contributed by atoms with Gasteiger partial charge in [0.25, 0.3) is 0 Å². The van der Waals surface area contributed by atoms with Crippen molar-refractivity contribution in [3.8, 4) is 23.0 Å². The Balaban J connectivity index is 1.51. The number of hydrogen-bond acceptors (Lipinski definition) is 6. The minimum absolute atomic E-state index is 0.203. The summed E-state index contributed by atoms with van der Waals surface area (Å²) in [5, 5.41) is 2.80. The first-order valence-electron chi connectivity index (χ1n) is 10.7. The summed E-state index contributed by atoms with van der Waals surface area (Å²) in [5.74, 6) is 2.10. The number of hydrogen-bond donors (Lipinski definition) is 1. The van der Waals surface area contributed by atoms with Crippen LogP contribution in [0.4, 0.5) is 0 Å². The molecule has 1 aliphatic rings. The lowest BCUT2D eigenvalue weighted by Gasteiger charge is -2.28. The van der Waals surface area contributed by atoms with E-state index in [0.717, 1.165) is 16.7 Å². The van der Waals surface area contributed by atoms with Crippen LogP contribution in [0.25, 0.3) is 0 Å². The predicted octanol–water partition coefficient (Wildman–Crippen LogP) is 2.52. The highest BCUT2D eigenvalue weighted by Gasteiger charge is 2.21. The Morgan fingerprint density at radius 3 is 2.18 bits per heavy atom. The van der Waals surface area contributed by atoms with Crippen LogP contribution in [0.15, 0.2) is 42.5 Å². The molecule has 0 saturated carbocycles. The van der Waals surface area contributed by atoms with E-state index in [4.69, 9.17) is 18.9 Å². The second-order valence-corrected chi connectivity index (χ2v) is 7.55. The number of methoxy groups -OCH3 is 4. The number of nitrogens with one attached hydrogen (secondary N) is 1. The van der Waals surface area contributed by atoms with Gasteiger partial charge in [0.15, 0.2) is 23.0 Å². The number of benzene rings is 2. The SMILES string of the molecule is COc1ccc(CCNC(=O)/C=C/C(=O)N2CCc3cc(OC)c(OC)cc3C2)cc1OC. The van der Waals surface area contributed by atoms with E-state index in [0.29, 0.717) is 55.5 Å². The third-order valence-corrected chi connectivity index (χ3v) is 5.57. The molecule has 0 fully saturated rings. The number of ether oxygens (including phenoxy) is 4. The first kappa shape index (κ1) is 24.0. The molecule has 2 aromatic carbocycles. The predicted molar refractivity (Wildman–Crippen MR) is 124 cm³/mol. The zero-order chi connectivity index (χ0) is 23.8. The summed E-state index contributed by atoms with van der Waals surface area (Å²) in [4.78, 5) is 26.5. The zero-order valence-corrected chi connectivity index (χ0v) is 19.5. The van der Waals surface area contributed by atoms with E-state index in [9.17, 15) is 9.59 Å². The van der Waals surface area contributed by atoms with Crippen molar-refractivity contribution in [3.05, 3.63) is 59.2 Å². The molecule has 0 spiro atoms. The van der Waals surface area contributed by atoms with Crippen molar-refractivity contribution >= 4 is 11.8 Å². The summed E-state index contributed by atoms with van der Waals surface area (Å²) in [7, 11) is 6.36. The molecule has 1 aliphatic heterocycles. The van der Waals surface area contributed by atoms with E-state index in [1.54, 1.807) is 33.3 Å². The van der Waals surface area contributed by atoms with Crippen LogP contribution >= 0.6 is 0 Å². The van der Waals surface area contributed by atoms with Gasteiger partial charge in [-0.2, -0.15) is 0 Å². The highest BCUT2D eigenvalue weighted by molar-refractivity contribution is 5.96. The fourth-order valence-corrected chi connectivity index (χ4v) is 3.75. The molecule has 0 radical (unpaired) electrons. The third kappa shape index (κ3) is 5.97. The number of carbonyl (C=O) groups is 2. The molecule has 2 aromatic rings. The van der Waals surface area contributed by atoms with E-state index in [1.165, 1.54) is 12.2 Å². The summed E-state index contributed by atoms with van der Waals surface area (Å²) in [5.41, 5.74) is 3.15. The normalized spacial score (nSPS) is 12.8. The second-order valence-electron chi connectivity index (χ2n) is 7.55. The van der Waals surface area contributed by atoms with Crippen molar-refractivity contribution in [3.63, 3.8) is 0 Å². The van der Waals surface area contributed by atoms with Crippen molar-refractivity contribution in [1.82, 2.24) is 10.2 Å².